The molecule has 0 N–H and O–H groups in total. The zero-order valence-corrected chi connectivity index (χ0v) is 33.5. The average molecular weight is 851 g/mol. The van der Waals surface area contributed by atoms with Crippen LogP contribution in [0.3, 0.4) is 0 Å². The van der Waals surface area contributed by atoms with Crippen LogP contribution in [-0.2, 0) is 12.4 Å². The van der Waals surface area contributed by atoms with Gasteiger partial charge in [0.25, 0.3) is 0 Å². The van der Waals surface area contributed by atoms with Crippen molar-refractivity contribution in [2.24, 2.45) is 0 Å². The molecule has 310 valence electrons. The molecular weight excluding hydrogens is 819 g/mol. The van der Waals surface area contributed by atoms with Crippen LogP contribution in [0.4, 0.5) is 26.3 Å². The van der Waals surface area contributed by atoms with Gasteiger partial charge in [-0.25, -0.2) is 9.97 Å². The smallest absolute Gasteiger partial charge is 0.309 e. The molecule has 8 aromatic carbocycles. The van der Waals surface area contributed by atoms with Crippen molar-refractivity contribution >= 4 is 43.6 Å². The number of aromatic nitrogens is 4. The Kier molecular flexibility index (Phi) is 9.02. The second kappa shape index (κ2) is 14.8. The first-order valence-electron chi connectivity index (χ1n) is 20.5. The van der Waals surface area contributed by atoms with Gasteiger partial charge in [-0.2, -0.15) is 26.3 Å². The van der Waals surface area contributed by atoms with Gasteiger partial charge in [0.15, 0.2) is 5.82 Å². The van der Waals surface area contributed by atoms with Crippen molar-refractivity contribution in [1.29, 1.82) is 0 Å². The molecule has 0 aliphatic rings. The van der Waals surface area contributed by atoms with Gasteiger partial charge in [0.05, 0.1) is 56.0 Å². The van der Waals surface area contributed by atoms with Crippen LogP contribution in [0.2, 0.25) is 0 Å². The lowest BCUT2D eigenvalue weighted by Crippen LogP contribution is -2.05. The van der Waals surface area contributed by atoms with Crippen LogP contribution in [0.1, 0.15) is 11.1 Å². The number of rotatable bonds is 6. The van der Waals surface area contributed by atoms with E-state index in [0.717, 1.165) is 39.9 Å². The third-order valence-electron chi connectivity index (χ3n) is 11.8. The van der Waals surface area contributed by atoms with Crippen molar-refractivity contribution in [1.82, 2.24) is 19.1 Å². The first kappa shape index (κ1) is 38.9. The normalized spacial score (nSPS) is 12.2. The minimum absolute atomic E-state index is 0.428. The van der Waals surface area contributed by atoms with E-state index in [-0.39, 0.29) is 0 Å². The van der Waals surface area contributed by atoms with E-state index in [1.807, 2.05) is 161 Å². The molecule has 11 aromatic rings. The maximum atomic E-state index is 14.3. The summed E-state index contributed by atoms with van der Waals surface area (Å²) in [6.45, 7) is 0. The molecule has 0 radical (unpaired) electrons. The fourth-order valence-electron chi connectivity index (χ4n) is 8.89. The standard InChI is InChI=1S/C54H32F6N4/c55-53(56,57)36-24-27-49-42(30-36)39-18-8-11-21-47(39)63(49)46-20-10-7-17-38(46)41-26-23-35(45-32-44(33-13-3-1-4-14-33)61-52(62-45)34-15-5-2-6-16-34)29-51(41)64-48-22-12-9-19-40(48)43-31-37(54(58,59)60)25-28-50(43)64/h1-32H. The average Bonchev–Trinajstić information content (AvgIpc) is 3.83. The lowest BCUT2D eigenvalue weighted by atomic mass is 9.97. The number of alkyl halides is 6. The Morgan fingerprint density at radius 2 is 0.781 bits per heavy atom. The van der Waals surface area contributed by atoms with Crippen LogP contribution in [-0.4, -0.2) is 19.1 Å². The maximum absolute atomic E-state index is 14.3. The van der Waals surface area contributed by atoms with Gasteiger partial charge in [-0.15, -0.1) is 0 Å². The summed E-state index contributed by atoms with van der Waals surface area (Å²) in [5, 5.41) is 2.17. The van der Waals surface area contributed by atoms with Gasteiger partial charge in [0, 0.05) is 49.4 Å². The van der Waals surface area contributed by atoms with Gasteiger partial charge >= 0.3 is 12.4 Å². The third-order valence-corrected chi connectivity index (χ3v) is 11.8. The Hall–Kier alpha value is -7.98. The predicted molar refractivity (Wildman–Crippen MR) is 242 cm³/mol. The minimum atomic E-state index is -4.56. The van der Waals surface area contributed by atoms with E-state index < -0.39 is 23.5 Å². The molecule has 0 saturated heterocycles. The van der Waals surface area contributed by atoms with Gasteiger partial charge in [0.1, 0.15) is 0 Å². The highest BCUT2D eigenvalue weighted by molar-refractivity contribution is 6.12. The molecule has 0 fully saturated rings. The number of halogens is 6. The predicted octanol–water partition coefficient (Wildman–Crippen LogP) is 15.4. The topological polar surface area (TPSA) is 35.6 Å². The zero-order valence-electron chi connectivity index (χ0n) is 33.5. The fraction of sp³-hybridized carbons (Fsp3) is 0.0370. The van der Waals surface area contributed by atoms with Crippen molar-refractivity contribution in [2.75, 3.05) is 0 Å². The summed E-state index contributed by atoms with van der Waals surface area (Å²) in [5.41, 5.74) is 7.60. The lowest BCUT2D eigenvalue weighted by molar-refractivity contribution is -0.138. The van der Waals surface area contributed by atoms with Gasteiger partial charge in [-0.3, -0.25) is 0 Å². The SMILES string of the molecule is FC(F)(F)c1ccc2c(c1)c1ccccc1n2-c1ccccc1-c1ccc(-c2cc(-c3ccccc3)nc(-c3ccccc3)n2)cc1-n1c2ccccc2c2cc(C(F)(F)F)ccc21. The van der Waals surface area contributed by atoms with Gasteiger partial charge in [0.2, 0.25) is 0 Å². The van der Waals surface area contributed by atoms with E-state index in [4.69, 9.17) is 9.97 Å². The van der Waals surface area contributed by atoms with Gasteiger partial charge < -0.3 is 9.13 Å². The maximum Gasteiger partial charge on any atom is 0.416 e. The molecule has 11 rings (SSSR count). The molecule has 0 aliphatic carbocycles. The zero-order chi connectivity index (χ0) is 43.7. The molecule has 0 atom stereocenters. The van der Waals surface area contributed by atoms with Crippen LogP contribution in [0.15, 0.2) is 194 Å². The molecule has 10 heteroatoms. The highest BCUT2D eigenvalue weighted by Crippen LogP contribution is 2.44. The third kappa shape index (κ3) is 6.57. The van der Waals surface area contributed by atoms with Gasteiger partial charge in [-0.05, 0) is 66.7 Å². The van der Waals surface area contributed by atoms with E-state index in [1.54, 1.807) is 6.07 Å². The molecular formula is C54H32F6N4. The number of para-hydroxylation sites is 3. The molecule has 0 unspecified atom stereocenters. The van der Waals surface area contributed by atoms with Crippen molar-refractivity contribution in [3.63, 3.8) is 0 Å². The minimum Gasteiger partial charge on any atom is -0.309 e. The molecule has 0 bridgehead atoms. The highest BCUT2D eigenvalue weighted by Gasteiger charge is 2.33. The Bertz CT molecular complexity index is 3530. The van der Waals surface area contributed by atoms with E-state index in [1.165, 1.54) is 24.3 Å². The summed E-state index contributed by atoms with van der Waals surface area (Å²) in [6.07, 6.45) is -9.10. The molecule has 0 aliphatic heterocycles. The number of hydrogen-bond donors (Lipinski definition) is 0. The highest BCUT2D eigenvalue weighted by atomic mass is 19.4. The van der Waals surface area contributed by atoms with Crippen LogP contribution in [0, 0.1) is 0 Å². The Balaban J connectivity index is 1.21. The van der Waals surface area contributed by atoms with Crippen molar-refractivity contribution < 1.29 is 26.3 Å². The monoisotopic (exact) mass is 850 g/mol. The van der Waals surface area contributed by atoms with Gasteiger partial charge in [-0.1, -0.05) is 127 Å². The molecule has 4 nitrogen and oxygen atoms in total. The lowest BCUT2D eigenvalue weighted by Gasteiger charge is -2.20. The van der Waals surface area contributed by atoms with Crippen LogP contribution >= 0.6 is 0 Å². The molecule has 3 aromatic heterocycles. The van der Waals surface area contributed by atoms with Crippen molar-refractivity contribution in [2.45, 2.75) is 12.4 Å². The van der Waals surface area contributed by atoms with Crippen LogP contribution < -0.4 is 0 Å². The van der Waals surface area contributed by atoms with E-state index in [0.29, 0.717) is 72.2 Å². The Morgan fingerprint density at radius 1 is 0.328 bits per heavy atom. The number of nitrogens with zero attached hydrogens (tertiary/aromatic N) is 4. The fourth-order valence-corrected chi connectivity index (χ4v) is 8.89. The molecule has 0 saturated carbocycles. The summed E-state index contributed by atoms with van der Waals surface area (Å²) in [6, 6.07) is 57.4. The van der Waals surface area contributed by atoms with Crippen molar-refractivity contribution in [3.8, 4) is 56.4 Å². The first-order valence-corrected chi connectivity index (χ1v) is 20.5. The summed E-state index contributed by atoms with van der Waals surface area (Å²) in [7, 11) is 0. The summed E-state index contributed by atoms with van der Waals surface area (Å²) < 4.78 is 89.2. The number of benzene rings is 8. The van der Waals surface area contributed by atoms with E-state index >= 15 is 0 Å². The van der Waals surface area contributed by atoms with E-state index in [9.17, 15) is 26.3 Å². The number of fused-ring (bicyclic) bond motifs is 6. The Labute approximate surface area is 362 Å². The number of hydrogen-bond acceptors (Lipinski definition) is 2. The van der Waals surface area contributed by atoms with E-state index in [2.05, 4.69) is 0 Å². The van der Waals surface area contributed by atoms with Crippen LogP contribution in [0.5, 0.6) is 0 Å². The second-order valence-electron chi connectivity index (χ2n) is 15.6. The van der Waals surface area contributed by atoms with Crippen molar-refractivity contribution in [3.05, 3.63) is 205 Å². The quantitative estimate of drug-likeness (QED) is 0.156. The largest absolute Gasteiger partial charge is 0.416 e. The molecule has 3 heterocycles. The molecule has 0 amide bonds. The Morgan fingerprint density at radius 3 is 1.36 bits per heavy atom. The second-order valence-corrected chi connectivity index (χ2v) is 15.6. The molecule has 0 spiro atoms. The first-order chi connectivity index (χ1) is 31.0. The summed E-state index contributed by atoms with van der Waals surface area (Å²) in [4.78, 5) is 10.1. The summed E-state index contributed by atoms with van der Waals surface area (Å²) >= 11 is 0. The molecule has 64 heavy (non-hydrogen) atoms. The van der Waals surface area contributed by atoms with Crippen LogP contribution in [0.25, 0.3) is 100 Å². The summed E-state index contributed by atoms with van der Waals surface area (Å²) in [5.74, 6) is 0.518.